The zero-order valence-corrected chi connectivity index (χ0v) is 10.9. The van der Waals surface area contributed by atoms with E-state index in [0.29, 0.717) is 6.42 Å². The summed E-state index contributed by atoms with van der Waals surface area (Å²) in [5.74, 6) is -0.331. The van der Waals surface area contributed by atoms with Crippen LogP contribution in [0.4, 0.5) is 0 Å². The number of aryl methyl sites for hydroxylation is 1. The predicted molar refractivity (Wildman–Crippen MR) is 72.7 cm³/mol. The summed E-state index contributed by atoms with van der Waals surface area (Å²) in [6.45, 7) is 1.99. The molecule has 1 heterocycles. The Morgan fingerprint density at radius 2 is 1.94 bits per heavy atom. The predicted octanol–water partition coefficient (Wildman–Crippen LogP) is 3.48. The summed E-state index contributed by atoms with van der Waals surface area (Å²) in [6.07, 6.45) is 2.26. The van der Waals surface area contributed by atoms with Gasteiger partial charge in [-0.1, -0.05) is 30.3 Å². The summed E-state index contributed by atoms with van der Waals surface area (Å²) >= 11 is 5.73. The number of benzene rings is 1. The van der Waals surface area contributed by atoms with Crippen molar-refractivity contribution < 1.29 is 4.79 Å². The van der Waals surface area contributed by atoms with Gasteiger partial charge in [-0.05, 0) is 41.8 Å². The topological polar surface area (TPSA) is 30.0 Å². The molecule has 0 bridgehead atoms. The summed E-state index contributed by atoms with van der Waals surface area (Å²) in [4.78, 5) is 15.9. The molecule has 0 aliphatic carbocycles. The lowest BCUT2D eigenvalue weighted by Gasteiger charge is -2.15. The Morgan fingerprint density at radius 3 is 2.56 bits per heavy atom. The molecule has 92 valence electrons. The number of aromatic nitrogens is 1. The molecular formula is C15H14ClNO. The van der Waals surface area contributed by atoms with Crippen molar-refractivity contribution in [3.05, 3.63) is 65.5 Å². The second kappa shape index (κ2) is 5.78. The van der Waals surface area contributed by atoms with E-state index in [-0.39, 0.29) is 11.2 Å². The number of halogens is 1. The number of carbonyl (C=O) groups excluding carboxylic acids is 1. The Kier molecular flexibility index (Phi) is 4.11. The largest absolute Gasteiger partial charge is 0.281 e. The fourth-order valence-corrected chi connectivity index (χ4v) is 2.21. The summed E-state index contributed by atoms with van der Waals surface area (Å²) in [5, 5.41) is -0.338. The third kappa shape index (κ3) is 2.96. The van der Waals surface area contributed by atoms with Crippen LogP contribution in [0.15, 0.2) is 48.7 Å². The van der Waals surface area contributed by atoms with Crippen LogP contribution >= 0.6 is 11.6 Å². The molecule has 1 aromatic heterocycles. The molecule has 0 radical (unpaired) electrons. The fraction of sp³-hybridized carbons (Fsp3) is 0.200. The van der Waals surface area contributed by atoms with E-state index >= 15 is 0 Å². The molecule has 0 amide bonds. The third-order valence-electron chi connectivity index (χ3n) is 2.98. The minimum Gasteiger partial charge on any atom is -0.281 e. The lowest BCUT2D eigenvalue weighted by molar-refractivity contribution is -0.113. The molecule has 0 aliphatic rings. The second-order valence-corrected chi connectivity index (χ2v) is 4.61. The van der Waals surface area contributed by atoms with Crippen LogP contribution in [0.2, 0.25) is 0 Å². The van der Waals surface area contributed by atoms with Gasteiger partial charge in [0.1, 0.15) is 0 Å². The van der Waals surface area contributed by atoms with Gasteiger partial charge in [0.2, 0.25) is 5.24 Å². The van der Waals surface area contributed by atoms with Crippen LogP contribution in [0.1, 0.15) is 22.7 Å². The van der Waals surface area contributed by atoms with Gasteiger partial charge < -0.3 is 0 Å². The van der Waals surface area contributed by atoms with E-state index in [1.165, 1.54) is 0 Å². The van der Waals surface area contributed by atoms with Crippen molar-refractivity contribution in [3.63, 3.8) is 0 Å². The summed E-state index contributed by atoms with van der Waals surface area (Å²) in [6, 6.07) is 13.5. The zero-order chi connectivity index (χ0) is 13.0. The Balaban J connectivity index is 2.30. The van der Waals surface area contributed by atoms with E-state index in [9.17, 15) is 4.79 Å². The summed E-state index contributed by atoms with van der Waals surface area (Å²) in [7, 11) is 0. The molecule has 0 fully saturated rings. The van der Waals surface area contributed by atoms with Gasteiger partial charge in [0.15, 0.2) is 0 Å². The summed E-state index contributed by atoms with van der Waals surface area (Å²) in [5.41, 5.74) is 2.93. The molecule has 3 heteroatoms. The van der Waals surface area contributed by atoms with Crippen molar-refractivity contribution >= 4 is 16.8 Å². The highest BCUT2D eigenvalue weighted by Crippen LogP contribution is 2.25. The van der Waals surface area contributed by atoms with Crippen molar-refractivity contribution in [2.75, 3.05) is 0 Å². The van der Waals surface area contributed by atoms with Crippen LogP contribution in [0, 0.1) is 6.92 Å². The van der Waals surface area contributed by atoms with E-state index in [0.717, 1.165) is 16.8 Å². The quantitative estimate of drug-likeness (QED) is 0.787. The maximum atomic E-state index is 11.6. The average Bonchev–Trinajstić information content (AvgIpc) is 2.38. The number of nitrogens with zero attached hydrogens (tertiary/aromatic N) is 1. The number of carbonyl (C=O) groups is 1. The molecule has 0 spiro atoms. The van der Waals surface area contributed by atoms with Crippen LogP contribution in [0.5, 0.6) is 0 Å². The Bertz CT molecular complexity index is 539. The molecule has 1 unspecified atom stereocenters. The maximum Gasteiger partial charge on any atom is 0.229 e. The number of rotatable bonds is 4. The first-order valence-corrected chi connectivity index (χ1v) is 6.21. The lowest BCUT2D eigenvalue weighted by atomic mass is 9.92. The minimum atomic E-state index is -0.338. The molecule has 18 heavy (non-hydrogen) atoms. The van der Waals surface area contributed by atoms with Crippen molar-refractivity contribution in [1.29, 1.82) is 0 Å². The molecule has 2 nitrogen and oxygen atoms in total. The molecule has 1 atom stereocenters. The first kappa shape index (κ1) is 12.8. The van der Waals surface area contributed by atoms with Gasteiger partial charge in [-0.25, -0.2) is 0 Å². The molecule has 1 aromatic carbocycles. The average molecular weight is 260 g/mol. The molecule has 0 saturated heterocycles. The van der Waals surface area contributed by atoms with E-state index in [2.05, 4.69) is 4.98 Å². The number of pyridine rings is 1. The van der Waals surface area contributed by atoms with Gasteiger partial charge in [0, 0.05) is 18.3 Å². The first-order valence-electron chi connectivity index (χ1n) is 5.83. The number of hydrogen-bond donors (Lipinski definition) is 0. The minimum absolute atomic E-state index is 0.331. The normalized spacial score (nSPS) is 12.1. The van der Waals surface area contributed by atoms with Gasteiger partial charge in [-0.3, -0.25) is 9.78 Å². The Labute approximate surface area is 112 Å². The van der Waals surface area contributed by atoms with E-state index in [1.54, 1.807) is 6.20 Å². The highest BCUT2D eigenvalue weighted by atomic mass is 35.5. The fourth-order valence-electron chi connectivity index (χ4n) is 2.02. The van der Waals surface area contributed by atoms with Crippen molar-refractivity contribution in [1.82, 2.24) is 4.98 Å². The van der Waals surface area contributed by atoms with E-state index < -0.39 is 0 Å². The number of hydrogen-bond acceptors (Lipinski definition) is 2. The Hall–Kier alpha value is -1.67. The second-order valence-electron chi connectivity index (χ2n) is 4.24. The van der Waals surface area contributed by atoms with Gasteiger partial charge in [-0.15, -0.1) is 0 Å². The standard InChI is InChI=1S/C15H14ClNO/c1-11-6-2-3-8-13(11)14(15(16)18)10-12-7-4-5-9-17-12/h2-9,14H,10H2,1H3. The summed E-state index contributed by atoms with van der Waals surface area (Å²) < 4.78 is 0. The zero-order valence-electron chi connectivity index (χ0n) is 10.1. The smallest absolute Gasteiger partial charge is 0.229 e. The molecule has 0 saturated carbocycles. The van der Waals surface area contributed by atoms with Crippen LogP contribution in [0.25, 0.3) is 0 Å². The lowest BCUT2D eigenvalue weighted by Crippen LogP contribution is -2.12. The Morgan fingerprint density at radius 1 is 1.22 bits per heavy atom. The van der Waals surface area contributed by atoms with Crippen LogP contribution in [-0.2, 0) is 11.2 Å². The van der Waals surface area contributed by atoms with Gasteiger partial charge in [0.05, 0.1) is 5.92 Å². The molecule has 2 rings (SSSR count). The highest BCUT2D eigenvalue weighted by molar-refractivity contribution is 6.64. The highest BCUT2D eigenvalue weighted by Gasteiger charge is 2.21. The monoisotopic (exact) mass is 259 g/mol. The van der Waals surface area contributed by atoms with E-state index in [1.807, 2.05) is 49.4 Å². The van der Waals surface area contributed by atoms with Crippen LogP contribution in [0.3, 0.4) is 0 Å². The molecule has 0 aliphatic heterocycles. The van der Waals surface area contributed by atoms with Crippen LogP contribution < -0.4 is 0 Å². The van der Waals surface area contributed by atoms with Gasteiger partial charge in [0.25, 0.3) is 0 Å². The third-order valence-corrected chi connectivity index (χ3v) is 3.24. The van der Waals surface area contributed by atoms with Crippen molar-refractivity contribution in [3.8, 4) is 0 Å². The molecule has 0 N–H and O–H groups in total. The first-order chi connectivity index (χ1) is 8.68. The van der Waals surface area contributed by atoms with Crippen molar-refractivity contribution in [2.45, 2.75) is 19.3 Å². The van der Waals surface area contributed by atoms with Crippen LogP contribution in [-0.4, -0.2) is 10.2 Å². The van der Waals surface area contributed by atoms with Crippen molar-refractivity contribution in [2.24, 2.45) is 0 Å². The van der Waals surface area contributed by atoms with E-state index in [4.69, 9.17) is 11.6 Å². The SMILES string of the molecule is Cc1ccccc1C(Cc1ccccn1)C(=O)Cl. The van der Waals surface area contributed by atoms with Gasteiger partial charge in [-0.2, -0.15) is 0 Å². The molecular weight excluding hydrogens is 246 g/mol. The maximum absolute atomic E-state index is 11.6. The van der Waals surface area contributed by atoms with Gasteiger partial charge >= 0.3 is 0 Å². The molecule has 2 aromatic rings.